The van der Waals surface area contributed by atoms with Crippen LogP contribution in [0.5, 0.6) is 0 Å². The van der Waals surface area contributed by atoms with Gasteiger partial charge in [0.25, 0.3) is 0 Å². The van der Waals surface area contributed by atoms with Crippen LogP contribution in [0.25, 0.3) is 0 Å². The summed E-state index contributed by atoms with van der Waals surface area (Å²) in [5, 5.41) is 2.56. The molecule has 0 saturated carbocycles. The normalized spacial score (nSPS) is 16.2. The van der Waals surface area contributed by atoms with Crippen molar-refractivity contribution in [1.82, 2.24) is 10.2 Å². The van der Waals surface area contributed by atoms with E-state index in [0.29, 0.717) is 25.8 Å². The number of carbonyl (C=O) groups is 7. The van der Waals surface area contributed by atoms with Crippen molar-refractivity contribution >= 4 is 41.3 Å². The van der Waals surface area contributed by atoms with Crippen LogP contribution in [-0.4, -0.2) is 78.5 Å². The van der Waals surface area contributed by atoms with Crippen LogP contribution in [0.1, 0.15) is 85.1 Å². The lowest BCUT2D eigenvalue weighted by Crippen LogP contribution is -2.47. The minimum absolute atomic E-state index is 0.0414. The molecule has 2 amide bonds. The average molecular weight is 685 g/mol. The zero-order chi connectivity index (χ0) is 36.5. The van der Waals surface area contributed by atoms with E-state index in [1.165, 1.54) is 12.0 Å². The van der Waals surface area contributed by atoms with Gasteiger partial charge in [0.1, 0.15) is 6.61 Å². The van der Waals surface area contributed by atoms with E-state index < -0.39 is 53.5 Å². The number of ether oxygens (including phenoxy) is 3. The fourth-order valence-electron chi connectivity index (χ4n) is 5.86. The third kappa shape index (κ3) is 14.0. The molecule has 0 aliphatic carbocycles. The highest BCUT2D eigenvalue weighted by Crippen LogP contribution is 2.29. The summed E-state index contributed by atoms with van der Waals surface area (Å²) < 4.78 is 15.0. The minimum atomic E-state index is -1.16. The first kappa shape index (κ1) is 40.8. The largest absolute Gasteiger partial charge is 0.469 e. The molecule has 1 aromatic carbocycles. The van der Waals surface area contributed by atoms with Crippen LogP contribution >= 0.6 is 0 Å². The molecule has 0 bridgehead atoms. The van der Waals surface area contributed by atoms with Gasteiger partial charge in [-0.15, -0.1) is 0 Å². The Kier molecular flexibility index (Phi) is 17.4. The number of alkyl carbamates (subject to hydrolysis) is 1. The minimum Gasteiger partial charge on any atom is -0.469 e. The van der Waals surface area contributed by atoms with E-state index in [0.717, 1.165) is 17.7 Å². The zero-order valence-electron chi connectivity index (χ0n) is 29.6. The Labute approximate surface area is 289 Å². The third-order valence-corrected chi connectivity index (χ3v) is 8.45. The van der Waals surface area contributed by atoms with Gasteiger partial charge in [-0.2, -0.15) is 0 Å². The van der Waals surface area contributed by atoms with Gasteiger partial charge in [-0.25, -0.2) is 9.59 Å². The molecule has 12 nitrogen and oxygen atoms in total. The molecule has 0 radical (unpaired) electrons. The molecular formula is C37H52N2O10. The summed E-state index contributed by atoms with van der Waals surface area (Å²) >= 11 is 0. The molecule has 1 saturated heterocycles. The number of nitrogens with one attached hydrogen (secondary N) is 1. The molecule has 2 rings (SSSR count). The topological polar surface area (TPSA) is 162 Å². The van der Waals surface area contributed by atoms with Gasteiger partial charge in [0.05, 0.1) is 31.7 Å². The summed E-state index contributed by atoms with van der Waals surface area (Å²) in [6.07, 6.45) is 2.17. The van der Waals surface area contributed by atoms with Crippen molar-refractivity contribution in [2.45, 2.75) is 98.3 Å². The van der Waals surface area contributed by atoms with Crippen LogP contribution in [0.2, 0.25) is 0 Å². The molecule has 49 heavy (non-hydrogen) atoms. The van der Waals surface area contributed by atoms with Crippen LogP contribution in [0.15, 0.2) is 42.5 Å². The summed E-state index contributed by atoms with van der Waals surface area (Å²) in [7, 11) is 1.29. The number of Topliss-reactive ketones (excluding diaryl/α,β-unsaturated/α-hetero) is 2. The first-order valence-electron chi connectivity index (χ1n) is 17.1. The molecule has 4 atom stereocenters. The lowest BCUT2D eigenvalue weighted by molar-refractivity contribution is -0.149. The Morgan fingerprint density at radius 3 is 2.27 bits per heavy atom. The van der Waals surface area contributed by atoms with Crippen molar-refractivity contribution in [2.24, 2.45) is 23.7 Å². The second kappa shape index (κ2) is 20.9. The Morgan fingerprint density at radius 2 is 1.65 bits per heavy atom. The van der Waals surface area contributed by atoms with Crippen LogP contribution in [-0.2, 0) is 49.6 Å². The number of nitrogens with zero attached hydrogens (tertiary/aromatic N) is 1. The maximum absolute atomic E-state index is 14.0. The maximum Gasteiger partial charge on any atom is 0.408 e. The first-order chi connectivity index (χ1) is 23.3. The van der Waals surface area contributed by atoms with Gasteiger partial charge in [-0.1, -0.05) is 58.0 Å². The number of methoxy groups -OCH3 is 1. The predicted octanol–water partition coefficient (Wildman–Crippen LogP) is 4.77. The van der Waals surface area contributed by atoms with Crippen molar-refractivity contribution in [3.05, 3.63) is 48.0 Å². The highest BCUT2D eigenvalue weighted by Gasteiger charge is 2.40. The zero-order valence-corrected chi connectivity index (χ0v) is 29.6. The Balaban J connectivity index is 2.20. The molecule has 1 fully saturated rings. The number of amides is 2. The smallest absolute Gasteiger partial charge is 0.408 e. The second-order valence-corrected chi connectivity index (χ2v) is 13.1. The summed E-state index contributed by atoms with van der Waals surface area (Å²) in [5.41, 5.74) is 0.738. The Bertz CT molecular complexity index is 1320. The van der Waals surface area contributed by atoms with Gasteiger partial charge in [0.2, 0.25) is 5.91 Å². The van der Waals surface area contributed by atoms with Crippen molar-refractivity contribution in [3.63, 3.8) is 0 Å². The molecule has 1 N–H and O–H groups in total. The summed E-state index contributed by atoms with van der Waals surface area (Å²) in [6.45, 7) is 9.61. The van der Waals surface area contributed by atoms with E-state index >= 15 is 0 Å². The number of allylic oxidation sites excluding steroid dienone is 1. The highest BCUT2D eigenvalue weighted by molar-refractivity contribution is 5.97. The molecule has 1 heterocycles. The number of likely N-dealkylation sites (tertiary alicyclic amines) is 1. The molecular weight excluding hydrogens is 632 g/mol. The predicted molar refractivity (Wildman–Crippen MR) is 181 cm³/mol. The van der Waals surface area contributed by atoms with Gasteiger partial charge in [-0.3, -0.25) is 24.0 Å². The second-order valence-electron chi connectivity index (χ2n) is 13.1. The number of ketones is 3. The third-order valence-electron chi connectivity index (χ3n) is 8.45. The van der Waals surface area contributed by atoms with Crippen LogP contribution in [0.4, 0.5) is 4.79 Å². The van der Waals surface area contributed by atoms with Crippen molar-refractivity contribution in [1.29, 1.82) is 0 Å². The van der Waals surface area contributed by atoms with Crippen molar-refractivity contribution in [2.75, 3.05) is 20.3 Å². The van der Waals surface area contributed by atoms with Gasteiger partial charge in [0.15, 0.2) is 17.3 Å². The highest BCUT2D eigenvalue weighted by atomic mass is 16.5. The number of hydrogen-bond donors (Lipinski definition) is 1. The summed E-state index contributed by atoms with van der Waals surface area (Å²) in [4.78, 5) is 92.0. The van der Waals surface area contributed by atoms with Gasteiger partial charge >= 0.3 is 18.0 Å². The van der Waals surface area contributed by atoms with Crippen molar-refractivity contribution < 1.29 is 47.8 Å². The Morgan fingerprint density at radius 1 is 0.959 bits per heavy atom. The van der Waals surface area contributed by atoms with Gasteiger partial charge < -0.3 is 24.4 Å². The molecule has 270 valence electrons. The van der Waals surface area contributed by atoms with E-state index in [2.05, 4.69) is 5.32 Å². The molecule has 0 unspecified atom stereocenters. The van der Waals surface area contributed by atoms with Crippen LogP contribution < -0.4 is 5.32 Å². The van der Waals surface area contributed by atoms with Crippen molar-refractivity contribution in [3.8, 4) is 0 Å². The number of esters is 2. The monoisotopic (exact) mass is 684 g/mol. The number of rotatable bonds is 20. The standard InChI is InChI=1S/C37H52N2O10/c1-7-48-34(43)18-16-28(40)15-17-30(38-37(46)49-23-26-12-9-8-10-13-26)32(41)22-29(25(4)5)35(44)39-19-11-14-31(39)33(42)21-27(20-24(2)3)36(45)47-6/h8-10,12-13,16,18,24-25,27,29-31H,7,11,14-15,17,19-23H2,1-6H3,(H,38,46)/t27-,29+,30+,31+/m1/s1. The maximum atomic E-state index is 14.0. The first-order valence-corrected chi connectivity index (χ1v) is 17.1. The number of hydrogen-bond acceptors (Lipinski definition) is 10. The molecule has 0 aromatic heterocycles. The van der Waals surface area contributed by atoms with Crippen LogP contribution in [0.3, 0.4) is 0 Å². The quantitative estimate of drug-likeness (QED) is 0.115. The lowest BCUT2D eigenvalue weighted by atomic mass is 9.86. The van der Waals surface area contributed by atoms with Gasteiger partial charge in [0, 0.05) is 37.8 Å². The average Bonchev–Trinajstić information content (AvgIpc) is 3.56. The van der Waals surface area contributed by atoms with E-state index in [4.69, 9.17) is 14.2 Å². The molecule has 1 aromatic rings. The summed E-state index contributed by atoms with van der Waals surface area (Å²) in [6, 6.07) is 7.09. The van der Waals surface area contributed by atoms with E-state index in [-0.39, 0.29) is 62.4 Å². The van der Waals surface area contributed by atoms with E-state index in [1.807, 2.05) is 19.9 Å². The van der Waals surface area contributed by atoms with Crippen LogP contribution in [0, 0.1) is 23.7 Å². The lowest BCUT2D eigenvalue weighted by Gasteiger charge is -2.31. The SMILES string of the molecule is CCOC(=O)C=CC(=O)CC[C@H](NC(=O)OCc1ccccc1)C(=O)C[C@H](C(=O)N1CCC[C@H]1C(=O)C[C@@H](CC(C)C)C(=O)OC)C(C)C. The number of carbonyl (C=O) groups excluding carboxylic acids is 7. The summed E-state index contributed by atoms with van der Waals surface area (Å²) in [5.74, 6) is -4.19. The Hall–Kier alpha value is -4.35. The fourth-order valence-corrected chi connectivity index (χ4v) is 5.86. The van der Waals surface area contributed by atoms with E-state index in [1.54, 1.807) is 45.0 Å². The fraction of sp³-hybridized carbons (Fsp3) is 0.595. The molecule has 12 heteroatoms. The van der Waals surface area contributed by atoms with E-state index in [9.17, 15) is 33.6 Å². The molecule has 0 spiro atoms. The molecule has 1 aliphatic rings. The molecule has 1 aliphatic heterocycles. The van der Waals surface area contributed by atoms with Gasteiger partial charge in [-0.05, 0) is 56.1 Å². The number of benzene rings is 1.